The Morgan fingerprint density at radius 2 is 1.90 bits per heavy atom. The van der Waals surface area contributed by atoms with Gasteiger partial charge in [0.1, 0.15) is 6.61 Å². The van der Waals surface area contributed by atoms with Crippen LogP contribution in [0, 0.1) is 5.92 Å². The van der Waals surface area contributed by atoms with Gasteiger partial charge in [-0.1, -0.05) is 37.6 Å². The predicted octanol–water partition coefficient (Wildman–Crippen LogP) is 3.27. The number of anilines is 1. The number of ether oxygens (including phenoxy) is 2. The maximum atomic E-state index is 11.5. The Labute approximate surface area is 128 Å². The summed E-state index contributed by atoms with van der Waals surface area (Å²) < 4.78 is 9.80. The molecule has 0 unspecified atom stereocenters. The highest BCUT2D eigenvalue weighted by atomic mass is 35.5. The number of halogens is 1. The molecule has 21 heavy (non-hydrogen) atoms. The number of rotatable bonds is 6. The number of hydrogen-bond acceptors (Lipinski definition) is 4. The van der Waals surface area contributed by atoms with Gasteiger partial charge in [0.15, 0.2) is 0 Å². The SMILES string of the molecule is CC(C)COC(=O)NCCOC(=O)Nc1ccccc1Cl. The molecule has 0 saturated carbocycles. The fourth-order valence-electron chi connectivity index (χ4n) is 1.30. The van der Waals surface area contributed by atoms with Crippen LogP contribution in [0.3, 0.4) is 0 Å². The predicted molar refractivity (Wildman–Crippen MR) is 80.6 cm³/mol. The first-order valence-electron chi connectivity index (χ1n) is 6.58. The highest BCUT2D eigenvalue weighted by Gasteiger charge is 2.07. The first-order chi connectivity index (χ1) is 9.99. The maximum absolute atomic E-state index is 11.5. The van der Waals surface area contributed by atoms with Crippen molar-refractivity contribution in [3.63, 3.8) is 0 Å². The molecular weight excluding hydrogens is 296 g/mol. The molecule has 116 valence electrons. The van der Waals surface area contributed by atoms with Crippen LogP contribution in [0.25, 0.3) is 0 Å². The smallest absolute Gasteiger partial charge is 0.411 e. The standard InChI is InChI=1S/C14H19ClN2O4/c1-10(2)9-21-13(18)16-7-8-20-14(19)17-12-6-4-3-5-11(12)15/h3-6,10H,7-9H2,1-2H3,(H,16,18)(H,17,19). The molecule has 0 aliphatic heterocycles. The third kappa shape index (κ3) is 7.41. The molecule has 1 rings (SSSR count). The maximum Gasteiger partial charge on any atom is 0.411 e. The summed E-state index contributed by atoms with van der Waals surface area (Å²) in [5, 5.41) is 5.40. The van der Waals surface area contributed by atoms with Gasteiger partial charge in [-0.05, 0) is 18.1 Å². The quantitative estimate of drug-likeness (QED) is 0.790. The van der Waals surface area contributed by atoms with Crippen molar-refractivity contribution >= 4 is 29.5 Å². The summed E-state index contributed by atoms with van der Waals surface area (Å²) in [6.07, 6.45) is -1.17. The molecule has 0 fully saturated rings. The van der Waals surface area contributed by atoms with Crippen molar-refractivity contribution < 1.29 is 19.1 Å². The number of carbonyl (C=O) groups is 2. The molecule has 0 aliphatic rings. The summed E-state index contributed by atoms with van der Waals surface area (Å²) in [6, 6.07) is 6.81. The van der Waals surface area contributed by atoms with E-state index in [4.69, 9.17) is 21.1 Å². The van der Waals surface area contributed by atoms with Gasteiger partial charge in [0.25, 0.3) is 0 Å². The average Bonchev–Trinajstić information content (AvgIpc) is 2.44. The van der Waals surface area contributed by atoms with Gasteiger partial charge in [0, 0.05) is 0 Å². The molecule has 0 bridgehead atoms. The topological polar surface area (TPSA) is 76.7 Å². The summed E-state index contributed by atoms with van der Waals surface area (Å²) in [7, 11) is 0. The minimum absolute atomic E-state index is 0.0348. The van der Waals surface area contributed by atoms with Crippen molar-refractivity contribution in [2.24, 2.45) is 5.92 Å². The van der Waals surface area contributed by atoms with E-state index in [2.05, 4.69) is 10.6 Å². The second-order valence-corrected chi connectivity index (χ2v) is 5.07. The summed E-state index contributed by atoms with van der Waals surface area (Å²) in [5.74, 6) is 0.272. The molecule has 2 N–H and O–H groups in total. The summed E-state index contributed by atoms with van der Waals surface area (Å²) in [5.41, 5.74) is 0.466. The number of carbonyl (C=O) groups excluding carboxylic acids is 2. The molecule has 1 aromatic rings. The summed E-state index contributed by atoms with van der Waals surface area (Å²) in [4.78, 5) is 22.7. The Morgan fingerprint density at radius 3 is 2.57 bits per heavy atom. The van der Waals surface area contributed by atoms with Gasteiger partial charge < -0.3 is 14.8 Å². The number of nitrogens with one attached hydrogen (secondary N) is 2. The van der Waals surface area contributed by atoms with E-state index in [-0.39, 0.29) is 19.1 Å². The van der Waals surface area contributed by atoms with Gasteiger partial charge in [0.05, 0.1) is 23.9 Å². The second kappa shape index (κ2) is 9.07. The number of benzene rings is 1. The van der Waals surface area contributed by atoms with Crippen molar-refractivity contribution in [2.75, 3.05) is 25.1 Å². The molecular formula is C14H19ClN2O4. The van der Waals surface area contributed by atoms with Crippen molar-refractivity contribution in [2.45, 2.75) is 13.8 Å². The molecule has 2 amide bonds. The number of para-hydroxylation sites is 1. The molecule has 0 saturated heterocycles. The first kappa shape index (κ1) is 17.1. The number of alkyl carbamates (subject to hydrolysis) is 1. The van der Waals surface area contributed by atoms with Gasteiger partial charge in [-0.2, -0.15) is 0 Å². The van der Waals surface area contributed by atoms with Gasteiger partial charge in [-0.15, -0.1) is 0 Å². The summed E-state index contributed by atoms with van der Waals surface area (Å²) >= 11 is 5.89. The van der Waals surface area contributed by atoms with E-state index in [0.29, 0.717) is 17.3 Å². The molecule has 0 spiro atoms. The lowest BCUT2D eigenvalue weighted by Crippen LogP contribution is -2.30. The van der Waals surface area contributed by atoms with Crippen LogP contribution in [0.5, 0.6) is 0 Å². The highest BCUT2D eigenvalue weighted by Crippen LogP contribution is 2.20. The minimum Gasteiger partial charge on any atom is -0.449 e. The first-order valence-corrected chi connectivity index (χ1v) is 6.95. The van der Waals surface area contributed by atoms with Crippen LogP contribution in [0.4, 0.5) is 15.3 Å². The van der Waals surface area contributed by atoms with Gasteiger partial charge in [0.2, 0.25) is 0 Å². The lowest BCUT2D eigenvalue weighted by atomic mass is 10.2. The Morgan fingerprint density at radius 1 is 1.19 bits per heavy atom. The van der Waals surface area contributed by atoms with Gasteiger partial charge in [-0.25, -0.2) is 9.59 Å². The zero-order chi connectivity index (χ0) is 15.7. The van der Waals surface area contributed by atoms with Crippen LogP contribution < -0.4 is 10.6 Å². The molecule has 0 aliphatic carbocycles. The highest BCUT2D eigenvalue weighted by molar-refractivity contribution is 6.33. The fourth-order valence-corrected chi connectivity index (χ4v) is 1.48. The van der Waals surface area contributed by atoms with E-state index < -0.39 is 12.2 Å². The minimum atomic E-state index is -0.638. The van der Waals surface area contributed by atoms with Crippen LogP contribution in [-0.4, -0.2) is 31.9 Å². The number of hydrogen-bond donors (Lipinski definition) is 2. The van der Waals surface area contributed by atoms with Crippen LogP contribution >= 0.6 is 11.6 Å². The monoisotopic (exact) mass is 314 g/mol. The molecule has 6 nitrogen and oxygen atoms in total. The van der Waals surface area contributed by atoms with Crippen molar-refractivity contribution in [3.8, 4) is 0 Å². The van der Waals surface area contributed by atoms with Gasteiger partial charge in [-0.3, -0.25) is 5.32 Å². The van der Waals surface area contributed by atoms with Gasteiger partial charge >= 0.3 is 12.2 Å². The summed E-state index contributed by atoms with van der Waals surface area (Å²) in [6.45, 7) is 4.44. The fraction of sp³-hybridized carbons (Fsp3) is 0.429. The molecule has 7 heteroatoms. The molecule has 0 heterocycles. The van der Waals surface area contributed by atoms with E-state index in [1.54, 1.807) is 24.3 Å². The Kier molecular flexibility index (Phi) is 7.39. The van der Waals surface area contributed by atoms with Crippen molar-refractivity contribution in [3.05, 3.63) is 29.3 Å². The molecule has 0 radical (unpaired) electrons. The van der Waals surface area contributed by atoms with E-state index in [1.807, 2.05) is 13.8 Å². The van der Waals surface area contributed by atoms with Crippen LogP contribution in [0.15, 0.2) is 24.3 Å². The molecule has 0 atom stereocenters. The lowest BCUT2D eigenvalue weighted by molar-refractivity contribution is 0.127. The Bertz CT molecular complexity index is 480. The zero-order valence-electron chi connectivity index (χ0n) is 12.0. The Hall–Kier alpha value is -1.95. The zero-order valence-corrected chi connectivity index (χ0v) is 12.8. The van der Waals surface area contributed by atoms with E-state index >= 15 is 0 Å². The lowest BCUT2D eigenvalue weighted by Gasteiger charge is -2.10. The Balaban J connectivity index is 2.17. The van der Waals surface area contributed by atoms with E-state index in [0.717, 1.165) is 0 Å². The third-order valence-corrected chi connectivity index (χ3v) is 2.59. The van der Waals surface area contributed by atoms with Crippen LogP contribution in [0.2, 0.25) is 5.02 Å². The van der Waals surface area contributed by atoms with Crippen molar-refractivity contribution in [1.82, 2.24) is 5.32 Å². The van der Waals surface area contributed by atoms with Crippen LogP contribution in [0.1, 0.15) is 13.8 Å². The number of amides is 2. The average molecular weight is 315 g/mol. The third-order valence-electron chi connectivity index (χ3n) is 2.26. The van der Waals surface area contributed by atoms with Crippen LogP contribution in [-0.2, 0) is 9.47 Å². The van der Waals surface area contributed by atoms with Crippen molar-refractivity contribution in [1.29, 1.82) is 0 Å². The largest absolute Gasteiger partial charge is 0.449 e. The molecule has 0 aromatic heterocycles. The van der Waals surface area contributed by atoms with E-state index in [9.17, 15) is 9.59 Å². The van der Waals surface area contributed by atoms with E-state index in [1.165, 1.54) is 0 Å². The molecule has 1 aromatic carbocycles. The second-order valence-electron chi connectivity index (χ2n) is 4.66. The normalized spacial score (nSPS) is 10.1.